The van der Waals surface area contributed by atoms with Gasteiger partial charge in [0.2, 0.25) is 0 Å². The first-order chi connectivity index (χ1) is 8.33. The summed E-state index contributed by atoms with van der Waals surface area (Å²) in [5.74, 6) is 0.586. The highest BCUT2D eigenvalue weighted by Gasteiger charge is 2.26. The molecule has 0 radical (unpaired) electrons. The van der Waals surface area contributed by atoms with Gasteiger partial charge in [0, 0.05) is 23.0 Å². The molecule has 1 heterocycles. The molecule has 1 aromatic rings. The summed E-state index contributed by atoms with van der Waals surface area (Å²) in [5.41, 5.74) is 1.35. The fraction of sp³-hybridized carbons (Fsp3) is 0.571. The third kappa shape index (κ3) is 3.30. The van der Waals surface area contributed by atoms with Crippen LogP contribution in [0, 0.1) is 5.92 Å². The minimum Gasteiger partial charge on any atom is -0.381 e. The first-order valence-corrected chi connectivity index (χ1v) is 7.17. The summed E-state index contributed by atoms with van der Waals surface area (Å²) < 4.78 is 6.81. The Kier molecular flexibility index (Phi) is 5.01. The zero-order chi connectivity index (χ0) is 12.1. The average Bonchev–Trinajstić information content (AvgIpc) is 2.38. The second-order valence-corrected chi connectivity index (χ2v) is 5.39. The van der Waals surface area contributed by atoms with Gasteiger partial charge in [-0.05, 0) is 31.0 Å². The zero-order valence-electron chi connectivity index (χ0n) is 10.3. The summed E-state index contributed by atoms with van der Waals surface area (Å²) in [6, 6.07) is 8.88. The van der Waals surface area contributed by atoms with Crippen LogP contribution in [0.5, 0.6) is 0 Å². The molecule has 17 heavy (non-hydrogen) atoms. The maximum Gasteiger partial charge on any atom is 0.0512 e. The summed E-state index contributed by atoms with van der Waals surface area (Å²) in [7, 11) is 0. The van der Waals surface area contributed by atoms with E-state index < -0.39 is 0 Å². The van der Waals surface area contributed by atoms with Gasteiger partial charge < -0.3 is 10.1 Å². The van der Waals surface area contributed by atoms with E-state index in [-0.39, 0.29) is 0 Å². The maximum atomic E-state index is 5.62. The van der Waals surface area contributed by atoms with Gasteiger partial charge in [0.1, 0.15) is 0 Å². The molecule has 2 nitrogen and oxygen atoms in total. The second kappa shape index (κ2) is 6.53. The van der Waals surface area contributed by atoms with Gasteiger partial charge in [0.05, 0.1) is 6.61 Å². The number of rotatable bonds is 4. The van der Waals surface area contributed by atoms with Crippen LogP contribution in [0.15, 0.2) is 28.7 Å². The van der Waals surface area contributed by atoms with Gasteiger partial charge in [-0.1, -0.05) is 41.1 Å². The number of halogens is 1. The molecular formula is C14H20BrNO. The Labute approximate surface area is 112 Å². The number of hydrogen-bond donors (Lipinski definition) is 1. The van der Waals surface area contributed by atoms with Crippen LogP contribution >= 0.6 is 15.9 Å². The van der Waals surface area contributed by atoms with Crippen LogP contribution in [0.25, 0.3) is 0 Å². The van der Waals surface area contributed by atoms with Gasteiger partial charge >= 0.3 is 0 Å². The van der Waals surface area contributed by atoms with E-state index in [1.54, 1.807) is 0 Å². The Hall–Kier alpha value is -0.380. The molecular weight excluding hydrogens is 278 g/mol. The minimum absolute atomic E-state index is 0.399. The predicted octanol–water partition coefficient (Wildman–Crippen LogP) is 3.53. The Morgan fingerprint density at radius 1 is 1.47 bits per heavy atom. The molecule has 1 aromatic carbocycles. The Balaban J connectivity index is 2.18. The lowest BCUT2D eigenvalue weighted by atomic mass is 9.88. The SMILES string of the molecule is CCNC(c1ccccc1Br)C1CCCOC1. The lowest BCUT2D eigenvalue weighted by Crippen LogP contribution is -2.33. The molecule has 0 aromatic heterocycles. The first-order valence-electron chi connectivity index (χ1n) is 6.38. The highest BCUT2D eigenvalue weighted by molar-refractivity contribution is 9.10. The molecule has 2 unspecified atom stereocenters. The summed E-state index contributed by atoms with van der Waals surface area (Å²) in [6.45, 7) is 4.94. The third-order valence-corrected chi connectivity index (χ3v) is 4.05. The average molecular weight is 298 g/mol. The number of hydrogen-bond acceptors (Lipinski definition) is 2. The molecule has 0 saturated carbocycles. The Morgan fingerprint density at radius 2 is 2.29 bits per heavy atom. The van der Waals surface area contributed by atoms with Gasteiger partial charge in [-0.3, -0.25) is 0 Å². The molecule has 1 aliphatic heterocycles. The van der Waals surface area contributed by atoms with Crippen molar-refractivity contribution in [2.24, 2.45) is 5.92 Å². The molecule has 0 aliphatic carbocycles. The lowest BCUT2D eigenvalue weighted by molar-refractivity contribution is 0.0392. The van der Waals surface area contributed by atoms with Crippen LogP contribution in [0.1, 0.15) is 31.4 Å². The number of ether oxygens (including phenoxy) is 1. The summed E-state index contributed by atoms with van der Waals surface area (Å²) in [5, 5.41) is 3.60. The van der Waals surface area contributed by atoms with Crippen molar-refractivity contribution in [1.29, 1.82) is 0 Å². The quantitative estimate of drug-likeness (QED) is 0.918. The molecule has 0 spiro atoms. The fourth-order valence-corrected chi connectivity index (χ4v) is 3.04. The monoisotopic (exact) mass is 297 g/mol. The van der Waals surface area contributed by atoms with Crippen LogP contribution in [-0.2, 0) is 4.74 Å². The molecule has 94 valence electrons. The van der Waals surface area contributed by atoms with Crippen molar-refractivity contribution in [3.8, 4) is 0 Å². The van der Waals surface area contributed by atoms with E-state index in [0.29, 0.717) is 12.0 Å². The van der Waals surface area contributed by atoms with E-state index in [2.05, 4.69) is 52.4 Å². The first kappa shape index (κ1) is 13.1. The predicted molar refractivity (Wildman–Crippen MR) is 74.1 cm³/mol. The van der Waals surface area contributed by atoms with Crippen LogP contribution in [0.3, 0.4) is 0 Å². The van der Waals surface area contributed by atoms with Crippen molar-refractivity contribution in [2.75, 3.05) is 19.8 Å². The van der Waals surface area contributed by atoms with Crippen molar-refractivity contribution in [3.63, 3.8) is 0 Å². The zero-order valence-corrected chi connectivity index (χ0v) is 11.9. The molecule has 2 atom stereocenters. The standard InChI is InChI=1S/C14H20BrNO/c1-2-16-14(11-6-5-9-17-10-11)12-7-3-4-8-13(12)15/h3-4,7-8,11,14,16H,2,5-6,9-10H2,1H3. The smallest absolute Gasteiger partial charge is 0.0512 e. The molecule has 1 saturated heterocycles. The van der Waals surface area contributed by atoms with E-state index >= 15 is 0 Å². The molecule has 0 bridgehead atoms. The van der Waals surface area contributed by atoms with Crippen LogP contribution in [-0.4, -0.2) is 19.8 Å². The van der Waals surface area contributed by atoms with Gasteiger partial charge in [-0.25, -0.2) is 0 Å². The van der Waals surface area contributed by atoms with Crippen molar-refractivity contribution in [3.05, 3.63) is 34.3 Å². The summed E-state index contributed by atoms with van der Waals surface area (Å²) >= 11 is 3.65. The largest absolute Gasteiger partial charge is 0.381 e. The molecule has 0 amide bonds. The number of benzene rings is 1. The fourth-order valence-electron chi connectivity index (χ4n) is 2.51. The maximum absolute atomic E-state index is 5.62. The van der Waals surface area contributed by atoms with Gasteiger partial charge in [-0.15, -0.1) is 0 Å². The van der Waals surface area contributed by atoms with Crippen LogP contribution in [0.2, 0.25) is 0 Å². The molecule has 1 N–H and O–H groups in total. The van der Waals surface area contributed by atoms with E-state index in [0.717, 1.165) is 19.8 Å². The minimum atomic E-state index is 0.399. The summed E-state index contributed by atoms with van der Waals surface area (Å²) in [4.78, 5) is 0. The topological polar surface area (TPSA) is 21.3 Å². The lowest BCUT2D eigenvalue weighted by Gasteiger charge is -2.31. The van der Waals surface area contributed by atoms with Gasteiger partial charge in [0.15, 0.2) is 0 Å². The van der Waals surface area contributed by atoms with E-state index in [9.17, 15) is 0 Å². The molecule has 1 aliphatic rings. The number of nitrogens with one attached hydrogen (secondary N) is 1. The van der Waals surface area contributed by atoms with Crippen LogP contribution < -0.4 is 5.32 Å². The molecule has 1 fully saturated rings. The van der Waals surface area contributed by atoms with Crippen molar-refractivity contribution >= 4 is 15.9 Å². The Bertz CT molecular complexity index is 350. The Morgan fingerprint density at radius 3 is 2.94 bits per heavy atom. The van der Waals surface area contributed by atoms with Gasteiger partial charge in [-0.2, -0.15) is 0 Å². The summed E-state index contributed by atoms with van der Waals surface area (Å²) in [6.07, 6.45) is 2.43. The highest BCUT2D eigenvalue weighted by atomic mass is 79.9. The third-order valence-electron chi connectivity index (χ3n) is 3.33. The van der Waals surface area contributed by atoms with Gasteiger partial charge in [0.25, 0.3) is 0 Å². The van der Waals surface area contributed by atoms with E-state index in [4.69, 9.17) is 4.74 Å². The molecule has 2 rings (SSSR count). The van der Waals surface area contributed by atoms with Crippen molar-refractivity contribution in [1.82, 2.24) is 5.32 Å². The highest BCUT2D eigenvalue weighted by Crippen LogP contribution is 2.32. The van der Waals surface area contributed by atoms with Crippen molar-refractivity contribution < 1.29 is 4.74 Å². The normalized spacial score (nSPS) is 22.4. The van der Waals surface area contributed by atoms with Crippen molar-refractivity contribution in [2.45, 2.75) is 25.8 Å². The van der Waals surface area contributed by atoms with Crippen LogP contribution in [0.4, 0.5) is 0 Å². The van der Waals surface area contributed by atoms with E-state index in [1.165, 1.54) is 22.9 Å². The van der Waals surface area contributed by atoms with E-state index in [1.807, 2.05) is 0 Å². The second-order valence-electron chi connectivity index (χ2n) is 4.53. The molecule has 3 heteroatoms.